The number of aromatic nitrogens is 1. The molecule has 0 unspecified atom stereocenters. The van der Waals surface area contributed by atoms with Crippen LogP contribution in [0.25, 0.3) is 10.9 Å². The summed E-state index contributed by atoms with van der Waals surface area (Å²) in [5, 5.41) is 8.90. The van der Waals surface area contributed by atoms with Crippen molar-refractivity contribution in [1.82, 2.24) is 4.98 Å². The van der Waals surface area contributed by atoms with Gasteiger partial charge in [-0.15, -0.1) is 0 Å². The molecule has 3 aromatic rings. The minimum atomic E-state index is -4.83. The number of para-hydroxylation sites is 1. The maximum Gasteiger partial charge on any atom is 0.417 e. The molecule has 0 saturated carbocycles. The number of anilines is 1. The van der Waals surface area contributed by atoms with Gasteiger partial charge in [-0.3, -0.25) is 0 Å². The van der Waals surface area contributed by atoms with Crippen LogP contribution in [0.4, 0.5) is 18.9 Å². The van der Waals surface area contributed by atoms with E-state index in [0.29, 0.717) is 13.0 Å². The summed E-state index contributed by atoms with van der Waals surface area (Å²) >= 11 is 0. The molecule has 0 amide bonds. The Hall–Kier alpha value is -2.52. The van der Waals surface area contributed by atoms with Gasteiger partial charge in [-0.25, -0.2) is 13.6 Å². The van der Waals surface area contributed by atoms with E-state index in [2.05, 4.69) is 17.2 Å². The molecule has 0 spiro atoms. The number of primary sulfonamides is 1. The molecular formula is C19H20F3N3O2S. The van der Waals surface area contributed by atoms with Crippen molar-refractivity contribution in [2.45, 2.75) is 30.8 Å². The summed E-state index contributed by atoms with van der Waals surface area (Å²) in [5.74, 6) is 0. The average molecular weight is 411 g/mol. The molecular weight excluding hydrogens is 391 g/mol. The molecule has 4 N–H and O–H groups in total. The second-order valence-corrected chi connectivity index (χ2v) is 7.97. The Labute approximate surface area is 160 Å². The molecule has 1 heterocycles. The lowest BCUT2D eigenvalue weighted by atomic mass is 10.1. The Morgan fingerprint density at radius 3 is 2.54 bits per heavy atom. The minimum Gasteiger partial charge on any atom is -0.385 e. The molecule has 1 aromatic heterocycles. The van der Waals surface area contributed by atoms with E-state index in [0.717, 1.165) is 35.0 Å². The number of aromatic amines is 1. The van der Waals surface area contributed by atoms with Crippen molar-refractivity contribution in [2.24, 2.45) is 5.14 Å². The number of fused-ring (bicyclic) bond motifs is 1. The zero-order chi connectivity index (χ0) is 20.5. The summed E-state index contributed by atoms with van der Waals surface area (Å²) in [6.07, 6.45) is -1.44. The van der Waals surface area contributed by atoms with Crippen LogP contribution in [0.15, 0.2) is 47.5 Å². The molecule has 0 bridgehead atoms. The average Bonchev–Trinajstić information content (AvgIpc) is 3.03. The second kappa shape index (κ2) is 7.48. The summed E-state index contributed by atoms with van der Waals surface area (Å²) in [7, 11) is -4.47. The van der Waals surface area contributed by atoms with Crippen LogP contribution >= 0.6 is 0 Å². The first-order valence-electron chi connectivity index (χ1n) is 8.67. The van der Waals surface area contributed by atoms with Gasteiger partial charge >= 0.3 is 6.18 Å². The standard InChI is InChI=1S/C19H20F3N3O2S/c1-2-12-4-3-5-15-13(11-25-18(12)15)8-9-24-14-6-7-17(28(23,26)27)16(10-14)19(20,21)22/h3-7,10-11,24-25H,2,8-9H2,1H3,(H2,23,26,27). The predicted molar refractivity (Wildman–Crippen MR) is 103 cm³/mol. The number of H-pyrrole nitrogens is 1. The molecule has 0 atom stereocenters. The molecule has 2 aromatic carbocycles. The number of nitrogens with one attached hydrogen (secondary N) is 2. The highest BCUT2D eigenvalue weighted by molar-refractivity contribution is 7.89. The zero-order valence-electron chi connectivity index (χ0n) is 15.1. The van der Waals surface area contributed by atoms with Crippen LogP contribution in [0.3, 0.4) is 0 Å². The van der Waals surface area contributed by atoms with Crippen molar-refractivity contribution in [1.29, 1.82) is 0 Å². The van der Waals surface area contributed by atoms with Gasteiger partial charge in [0.25, 0.3) is 0 Å². The number of halogens is 3. The topological polar surface area (TPSA) is 88.0 Å². The molecule has 0 aliphatic heterocycles. The lowest BCUT2D eigenvalue weighted by molar-refractivity contribution is -0.139. The van der Waals surface area contributed by atoms with E-state index < -0.39 is 26.7 Å². The van der Waals surface area contributed by atoms with E-state index in [1.807, 2.05) is 24.4 Å². The smallest absolute Gasteiger partial charge is 0.385 e. The fraction of sp³-hybridized carbons (Fsp3) is 0.263. The van der Waals surface area contributed by atoms with E-state index in [4.69, 9.17) is 5.14 Å². The summed E-state index contributed by atoms with van der Waals surface area (Å²) < 4.78 is 62.4. The first kappa shape index (κ1) is 20.2. The minimum absolute atomic E-state index is 0.175. The van der Waals surface area contributed by atoms with Gasteiger partial charge in [-0.05, 0) is 42.2 Å². The van der Waals surface area contributed by atoms with Gasteiger partial charge in [0.1, 0.15) is 0 Å². The molecule has 5 nitrogen and oxygen atoms in total. The second-order valence-electron chi connectivity index (χ2n) is 6.44. The van der Waals surface area contributed by atoms with E-state index in [1.54, 1.807) is 0 Å². The van der Waals surface area contributed by atoms with Crippen LogP contribution in [-0.4, -0.2) is 19.9 Å². The normalized spacial score (nSPS) is 12.5. The van der Waals surface area contributed by atoms with Crippen LogP contribution < -0.4 is 10.5 Å². The fourth-order valence-electron chi connectivity index (χ4n) is 3.23. The molecule has 0 fully saturated rings. The number of benzene rings is 2. The monoisotopic (exact) mass is 411 g/mol. The Morgan fingerprint density at radius 2 is 1.89 bits per heavy atom. The number of aryl methyl sites for hydroxylation is 1. The molecule has 0 radical (unpaired) electrons. The van der Waals surface area contributed by atoms with Gasteiger partial charge in [0.05, 0.1) is 10.5 Å². The maximum absolute atomic E-state index is 13.2. The highest BCUT2D eigenvalue weighted by Gasteiger charge is 2.36. The highest BCUT2D eigenvalue weighted by atomic mass is 32.2. The van der Waals surface area contributed by atoms with E-state index in [1.165, 1.54) is 11.6 Å². The Morgan fingerprint density at radius 1 is 1.14 bits per heavy atom. The van der Waals surface area contributed by atoms with Gasteiger partial charge in [0.2, 0.25) is 10.0 Å². The summed E-state index contributed by atoms with van der Waals surface area (Å²) in [4.78, 5) is 2.32. The number of hydrogen-bond acceptors (Lipinski definition) is 3. The lowest BCUT2D eigenvalue weighted by Gasteiger charge is -2.14. The summed E-state index contributed by atoms with van der Waals surface area (Å²) in [6, 6.07) is 8.95. The third-order valence-electron chi connectivity index (χ3n) is 4.58. The Kier molecular flexibility index (Phi) is 5.40. The quantitative estimate of drug-likeness (QED) is 0.572. The van der Waals surface area contributed by atoms with Gasteiger partial charge in [0.15, 0.2) is 0 Å². The summed E-state index contributed by atoms with van der Waals surface area (Å²) in [5.41, 5.74) is 2.21. The SMILES string of the molecule is CCc1cccc2c(CCNc3ccc(S(N)(=O)=O)c(C(F)(F)F)c3)c[nH]c12. The molecule has 28 heavy (non-hydrogen) atoms. The van der Waals surface area contributed by atoms with Gasteiger partial charge in [0, 0.05) is 29.3 Å². The number of sulfonamides is 1. The van der Waals surface area contributed by atoms with E-state index >= 15 is 0 Å². The van der Waals surface area contributed by atoms with Crippen LogP contribution in [0.1, 0.15) is 23.6 Å². The van der Waals surface area contributed by atoms with Crippen molar-refractivity contribution >= 4 is 26.6 Å². The largest absolute Gasteiger partial charge is 0.417 e. The fourth-order valence-corrected chi connectivity index (χ4v) is 3.97. The zero-order valence-corrected chi connectivity index (χ0v) is 15.9. The van der Waals surface area contributed by atoms with E-state index in [-0.39, 0.29) is 5.69 Å². The van der Waals surface area contributed by atoms with Crippen LogP contribution in [0, 0.1) is 0 Å². The maximum atomic E-state index is 13.2. The molecule has 0 aliphatic rings. The van der Waals surface area contributed by atoms with Crippen LogP contribution in [-0.2, 0) is 29.0 Å². The van der Waals surface area contributed by atoms with E-state index in [9.17, 15) is 21.6 Å². The van der Waals surface area contributed by atoms with Crippen molar-refractivity contribution in [3.8, 4) is 0 Å². The third-order valence-corrected chi connectivity index (χ3v) is 5.55. The van der Waals surface area contributed by atoms with Crippen molar-refractivity contribution < 1.29 is 21.6 Å². The molecule has 150 valence electrons. The Balaban J connectivity index is 1.79. The highest BCUT2D eigenvalue weighted by Crippen LogP contribution is 2.35. The molecule has 3 rings (SSSR count). The van der Waals surface area contributed by atoms with Crippen molar-refractivity contribution in [3.05, 3.63) is 59.3 Å². The molecule has 0 saturated heterocycles. The van der Waals surface area contributed by atoms with Crippen LogP contribution in [0.5, 0.6) is 0 Å². The molecule has 0 aliphatic carbocycles. The molecule has 9 heteroatoms. The van der Waals surface area contributed by atoms with Gasteiger partial charge < -0.3 is 10.3 Å². The summed E-state index contributed by atoms with van der Waals surface area (Å²) in [6.45, 7) is 2.45. The lowest BCUT2D eigenvalue weighted by Crippen LogP contribution is -2.19. The first-order chi connectivity index (χ1) is 13.1. The van der Waals surface area contributed by atoms with Crippen molar-refractivity contribution in [3.63, 3.8) is 0 Å². The predicted octanol–water partition coefficient (Wildman–Crippen LogP) is 4.05. The van der Waals surface area contributed by atoms with Gasteiger partial charge in [-0.1, -0.05) is 25.1 Å². The van der Waals surface area contributed by atoms with Crippen molar-refractivity contribution in [2.75, 3.05) is 11.9 Å². The van der Waals surface area contributed by atoms with Gasteiger partial charge in [-0.2, -0.15) is 13.2 Å². The number of alkyl halides is 3. The Bertz CT molecular complexity index is 1110. The number of nitrogens with two attached hydrogens (primary N) is 1. The van der Waals surface area contributed by atoms with Crippen LogP contribution in [0.2, 0.25) is 0 Å². The number of hydrogen-bond donors (Lipinski definition) is 3. The third kappa shape index (κ3) is 4.15. The first-order valence-corrected chi connectivity index (χ1v) is 10.2. The number of rotatable bonds is 6.